The molecule has 5 rings (SSSR count). The molecule has 170 valence electrons. The highest BCUT2D eigenvalue weighted by Crippen LogP contribution is 2.33. The van der Waals surface area contributed by atoms with Crippen LogP contribution in [-0.4, -0.2) is 65.4 Å². The van der Waals surface area contributed by atoms with Gasteiger partial charge in [-0.3, -0.25) is 0 Å². The number of pyridine rings is 1. The second-order valence-corrected chi connectivity index (χ2v) is 7.53. The molecule has 10 heteroatoms. The molecule has 1 aliphatic heterocycles. The van der Waals surface area contributed by atoms with Crippen LogP contribution in [0.25, 0.3) is 11.2 Å². The minimum atomic E-state index is 0.471. The number of hydrogen-bond acceptors (Lipinski definition) is 9. The molecule has 0 amide bonds. The molecule has 0 spiro atoms. The topological polar surface area (TPSA) is 102 Å². The zero-order valence-electron chi connectivity index (χ0n) is 18.6. The van der Waals surface area contributed by atoms with E-state index >= 15 is 0 Å². The number of anilines is 3. The molecule has 1 saturated heterocycles. The fourth-order valence-electron chi connectivity index (χ4n) is 3.76. The van der Waals surface area contributed by atoms with Crippen molar-refractivity contribution in [3.8, 4) is 11.5 Å². The summed E-state index contributed by atoms with van der Waals surface area (Å²) in [5.41, 5.74) is 2.17. The summed E-state index contributed by atoms with van der Waals surface area (Å²) in [6.45, 7) is 3.41. The van der Waals surface area contributed by atoms with Crippen LogP contribution in [0, 0.1) is 0 Å². The third-order valence-electron chi connectivity index (χ3n) is 5.50. The zero-order valence-corrected chi connectivity index (χ0v) is 18.6. The third kappa shape index (κ3) is 4.51. The van der Waals surface area contributed by atoms with Crippen molar-refractivity contribution in [1.29, 1.82) is 0 Å². The minimum absolute atomic E-state index is 0.471. The number of hydrogen-bond donors (Lipinski definition) is 1. The number of ether oxygens (including phenoxy) is 3. The molecule has 0 radical (unpaired) electrons. The molecular weight excluding hydrogens is 422 g/mol. The normalized spacial score (nSPS) is 13.8. The van der Waals surface area contributed by atoms with E-state index in [1.165, 1.54) is 0 Å². The van der Waals surface area contributed by atoms with Crippen LogP contribution in [0.3, 0.4) is 0 Å². The average Bonchev–Trinajstić information content (AvgIpc) is 3.40. The number of aromatic amines is 1. The second-order valence-electron chi connectivity index (χ2n) is 7.53. The Balaban J connectivity index is 1.57. The molecule has 1 aliphatic rings. The SMILES string of the molecule is COc1cc(OC)cc(N(Cc2ncc[nH]2)c2ccc3ncc(N4CCOCC4)nc3n2)c1. The molecule has 0 aliphatic carbocycles. The Labute approximate surface area is 191 Å². The number of methoxy groups -OCH3 is 2. The monoisotopic (exact) mass is 447 g/mol. The van der Waals surface area contributed by atoms with Gasteiger partial charge in [0.15, 0.2) is 5.65 Å². The molecular formula is C23H25N7O3. The van der Waals surface area contributed by atoms with Crippen LogP contribution in [0.1, 0.15) is 5.82 Å². The van der Waals surface area contributed by atoms with Crippen LogP contribution in [-0.2, 0) is 11.3 Å². The predicted octanol–water partition coefficient (Wildman–Crippen LogP) is 2.94. The highest BCUT2D eigenvalue weighted by Gasteiger charge is 2.18. The molecule has 0 atom stereocenters. The van der Waals surface area contributed by atoms with Gasteiger partial charge in [0, 0.05) is 43.7 Å². The number of benzene rings is 1. The van der Waals surface area contributed by atoms with Crippen LogP contribution in [0.4, 0.5) is 17.3 Å². The number of rotatable bonds is 7. The molecule has 1 N–H and O–H groups in total. The van der Waals surface area contributed by atoms with Gasteiger partial charge in [0.1, 0.15) is 34.5 Å². The average molecular weight is 447 g/mol. The predicted molar refractivity (Wildman–Crippen MR) is 124 cm³/mol. The Morgan fingerprint density at radius 3 is 2.52 bits per heavy atom. The van der Waals surface area contributed by atoms with Crippen molar-refractivity contribution in [1.82, 2.24) is 24.9 Å². The van der Waals surface area contributed by atoms with Gasteiger partial charge in [0.05, 0.1) is 45.9 Å². The summed E-state index contributed by atoms with van der Waals surface area (Å²) < 4.78 is 16.4. The van der Waals surface area contributed by atoms with E-state index < -0.39 is 0 Å². The number of imidazole rings is 1. The fraction of sp³-hybridized carbons (Fsp3) is 0.304. The maximum Gasteiger partial charge on any atom is 0.182 e. The van der Waals surface area contributed by atoms with E-state index in [1.54, 1.807) is 32.8 Å². The molecule has 0 saturated carbocycles. The maximum atomic E-state index is 5.48. The maximum absolute atomic E-state index is 5.48. The van der Waals surface area contributed by atoms with E-state index in [9.17, 15) is 0 Å². The van der Waals surface area contributed by atoms with Gasteiger partial charge >= 0.3 is 0 Å². The fourth-order valence-corrected chi connectivity index (χ4v) is 3.76. The van der Waals surface area contributed by atoms with Gasteiger partial charge in [-0.2, -0.15) is 0 Å². The number of nitrogens with one attached hydrogen (secondary N) is 1. The smallest absolute Gasteiger partial charge is 0.182 e. The van der Waals surface area contributed by atoms with Crippen molar-refractivity contribution < 1.29 is 14.2 Å². The van der Waals surface area contributed by atoms with Gasteiger partial charge < -0.3 is 29.0 Å². The molecule has 0 unspecified atom stereocenters. The van der Waals surface area contributed by atoms with Gasteiger partial charge in [-0.05, 0) is 12.1 Å². The lowest BCUT2D eigenvalue weighted by atomic mass is 10.2. The van der Waals surface area contributed by atoms with Gasteiger partial charge in [-0.15, -0.1) is 0 Å². The molecule has 3 aromatic heterocycles. The largest absolute Gasteiger partial charge is 0.497 e. The summed E-state index contributed by atoms with van der Waals surface area (Å²) in [4.78, 5) is 26.0. The lowest BCUT2D eigenvalue weighted by Crippen LogP contribution is -2.36. The number of fused-ring (bicyclic) bond motifs is 1. The van der Waals surface area contributed by atoms with Gasteiger partial charge in [0.2, 0.25) is 0 Å². The summed E-state index contributed by atoms with van der Waals surface area (Å²) in [5.74, 6) is 3.68. The summed E-state index contributed by atoms with van der Waals surface area (Å²) in [6, 6.07) is 9.57. The summed E-state index contributed by atoms with van der Waals surface area (Å²) in [6.07, 6.45) is 5.32. The molecule has 4 heterocycles. The zero-order chi connectivity index (χ0) is 22.6. The lowest BCUT2D eigenvalue weighted by Gasteiger charge is -2.27. The summed E-state index contributed by atoms with van der Waals surface area (Å²) in [7, 11) is 3.26. The molecule has 1 fully saturated rings. The Hall–Kier alpha value is -3.92. The van der Waals surface area contributed by atoms with E-state index in [2.05, 4.69) is 19.9 Å². The van der Waals surface area contributed by atoms with Crippen LogP contribution >= 0.6 is 0 Å². The first-order chi connectivity index (χ1) is 16.2. The van der Waals surface area contributed by atoms with Crippen molar-refractivity contribution in [2.24, 2.45) is 0 Å². The molecule has 0 bridgehead atoms. The molecule has 1 aromatic carbocycles. The number of morpholine rings is 1. The van der Waals surface area contributed by atoms with E-state index in [-0.39, 0.29) is 0 Å². The van der Waals surface area contributed by atoms with Crippen LogP contribution < -0.4 is 19.3 Å². The van der Waals surface area contributed by atoms with E-state index in [1.807, 2.05) is 35.2 Å². The standard InChI is InChI=1S/C23H25N7O3/c1-31-17-11-16(12-18(13-17)32-2)30(15-20-24-5-6-25-20)21-4-3-19-23(27-21)28-22(14-26-19)29-7-9-33-10-8-29/h3-6,11-14H,7-10,15H2,1-2H3,(H,24,25). The lowest BCUT2D eigenvalue weighted by molar-refractivity contribution is 0.122. The van der Waals surface area contributed by atoms with Gasteiger partial charge in [-0.25, -0.2) is 19.9 Å². The first kappa shape index (κ1) is 21.0. The number of aromatic nitrogens is 5. The van der Waals surface area contributed by atoms with Crippen LogP contribution in [0.5, 0.6) is 11.5 Å². The molecule has 33 heavy (non-hydrogen) atoms. The quantitative estimate of drug-likeness (QED) is 0.458. The van der Waals surface area contributed by atoms with E-state index in [0.29, 0.717) is 42.7 Å². The van der Waals surface area contributed by atoms with E-state index in [4.69, 9.17) is 24.2 Å². The van der Waals surface area contributed by atoms with Crippen LogP contribution in [0.15, 0.2) is 48.9 Å². The van der Waals surface area contributed by atoms with E-state index in [0.717, 1.165) is 35.9 Å². The highest BCUT2D eigenvalue weighted by molar-refractivity contribution is 5.76. The van der Waals surface area contributed by atoms with Crippen molar-refractivity contribution in [2.75, 3.05) is 50.3 Å². The Kier molecular flexibility index (Phi) is 5.90. The first-order valence-electron chi connectivity index (χ1n) is 10.7. The Bertz CT molecular complexity index is 1200. The second kappa shape index (κ2) is 9.29. The number of H-pyrrole nitrogens is 1. The molecule has 10 nitrogen and oxygen atoms in total. The van der Waals surface area contributed by atoms with Crippen molar-refractivity contribution in [3.05, 3.63) is 54.7 Å². The Morgan fingerprint density at radius 2 is 1.82 bits per heavy atom. The van der Waals surface area contributed by atoms with Gasteiger partial charge in [0.25, 0.3) is 0 Å². The minimum Gasteiger partial charge on any atom is -0.497 e. The van der Waals surface area contributed by atoms with Gasteiger partial charge in [-0.1, -0.05) is 0 Å². The summed E-state index contributed by atoms with van der Waals surface area (Å²) in [5, 5.41) is 0. The Morgan fingerprint density at radius 1 is 1.03 bits per heavy atom. The van der Waals surface area contributed by atoms with Crippen LogP contribution in [0.2, 0.25) is 0 Å². The van der Waals surface area contributed by atoms with Crippen molar-refractivity contribution >= 4 is 28.5 Å². The summed E-state index contributed by atoms with van der Waals surface area (Å²) >= 11 is 0. The molecule has 4 aromatic rings. The number of nitrogens with zero attached hydrogens (tertiary/aromatic N) is 6. The third-order valence-corrected chi connectivity index (χ3v) is 5.50. The van der Waals surface area contributed by atoms with Crippen molar-refractivity contribution in [3.63, 3.8) is 0 Å². The highest BCUT2D eigenvalue weighted by atomic mass is 16.5. The first-order valence-corrected chi connectivity index (χ1v) is 10.7. The van der Waals surface area contributed by atoms with Crippen molar-refractivity contribution in [2.45, 2.75) is 6.54 Å².